The number of aromatic nitrogens is 5. The smallest absolute Gasteiger partial charge is 0.296 e. The van der Waals surface area contributed by atoms with Crippen molar-refractivity contribution >= 4 is 16.7 Å². The van der Waals surface area contributed by atoms with Crippen LogP contribution in [0.4, 0.5) is 0 Å². The predicted molar refractivity (Wildman–Crippen MR) is 106 cm³/mol. The quantitative estimate of drug-likeness (QED) is 0.538. The van der Waals surface area contributed by atoms with Gasteiger partial charge in [0.1, 0.15) is 11.6 Å². The molecule has 1 aliphatic rings. The molecule has 1 atom stereocenters. The van der Waals surface area contributed by atoms with Crippen LogP contribution in [0.5, 0.6) is 0 Å². The molecule has 0 bridgehead atoms. The molecule has 0 fully saturated rings. The van der Waals surface area contributed by atoms with Crippen LogP contribution in [0.3, 0.4) is 0 Å². The molecule has 1 aromatic carbocycles. The number of amides is 1. The van der Waals surface area contributed by atoms with Gasteiger partial charge >= 0.3 is 0 Å². The number of aliphatic hydroxyl groups is 1. The van der Waals surface area contributed by atoms with Crippen molar-refractivity contribution in [2.75, 3.05) is 6.54 Å². The van der Waals surface area contributed by atoms with Gasteiger partial charge in [0.05, 0.1) is 17.7 Å². The lowest BCUT2D eigenvalue weighted by molar-refractivity contribution is 0.0420. The Kier molecular flexibility index (Phi) is 4.14. The first-order valence-corrected chi connectivity index (χ1v) is 9.66. The van der Waals surface area contributed by atoms with Gasteiger partial charge in [0, 0.05) is 30.2 Å². The van der Waals surface area contributed by atoms with Gasteiger partial charge in [-0.05, 0) is 25.3 Å². The van der Waals surface area contributed by atoms with Crippen molar-refractivity contribution in [3.63, 3.8) is 0 Å². The number of nitrogens with one attached hydrogen (secondary N) is 1. The summed E-state index contributed by atoms with van der Waals surface area (Å²) in [6.07, 6.45) is 4.06. The molecule has 0 saturated carbocycles. The largest absolute Gasteiger partial charge is 0.381 e. The Hall–Kier alpha value is -3.59. The van der Waals surface area contributed by atoms with E-state index in [1.165, 1.54) is 13.8 Å². The number of imidazole rings is 1. The summed E-state index contributed by atoms with van der Waals surface area (Å²) in [6.45, 7) is 3.49. The summed E-state index contributed by atoms with van der Waals surface area (Å²) in [7, 11) is 0. The van der Waals surface area contributed by atoms with Crippen LogP contribution in [0.25, 0.3) is 10.8 Å². The third kappa shape index (κ3) is 3.03. The average molecular weight is 404 g/mol. The third-order valence-corrected chi connectivity index (χ3v) is 5.26. The van der Waals surface area contributed by atoms with Gasteiger partial charge in [0.15, 0.2) is 0 Å². The molecule has 4 heterocycles. The van der Waals surface area contributed by atoms with Crippen molar-refractivity contribution in [1.82, 2.24) is 30.0 Å². The van der Waals surface area contributed by atoms with E-state index in [0.717, 1.165) is 22.2 Å². The van der Waals surface area contributed by atoms with Crippen molar-refractivity contribution in [2.24, 2.45) is 0 Å². The maximum atomic E-state index is 13.3. The average Bonchev–Trinajstić information content (AvgIpc) is 3.41. The van der Waals surface area contributed by atoms with Gasteiger partial charge in [-0.2, -0.15) is 4.98 Å². The van der Waals surface area contributed by atoms with Crippen molar-refractivity contribution in [3.8, 4) is 0 Å². The Morgan fingerprint density at radius 1 is 1.27 bits per heavy atom. The topological polar surface area (TPSA) is 121 Å². The second-order valence-electron chi connectivity index (χ2n) is 7.86. The zero-order valence-electron chi connectivity index (χ0n) is 16.5. The number of aromatic amines is 1. The SMILES string of the molecule is CC(C)(O)c1nc(C(=O)N2CCc3[nH]cnc3[C@H]2c2cc3ccccc3cn2)no1. The Balaban J connectivity index is 1.58. The molecule has 0 spiro atoms. The molecule has 0 radical (unpaired) electrons. The van der Waals surface area contributed by atoms with Crippen LogP contribution in [0.1, 0.15) is 53.5 Å². The zero-order valence-corrected chi connectivity index (χ0v) is 16.5. The molecular formula is C21H20N6O3. The van der Waals surface area contributed by atoms with Gasteiger partial charge < -0.3 is 19.5 Å². The van der Waals surface area contributed by atoms with E-state index in [1.54, 1.807) is 17.4 Å². The highest BCUT2D eigenvalue weighted by Gasteiger charge is 2.38. The molecule has 0 saturated heterocycles. The molecule has 2 N–H and O–H groups in total. The summed E-state index contributed by atoms with van der Waals surface area (Å²) >= 11 is 0. The first kappa shape index (κ1) is 18.4. The summed E-state index contributed by atoms with van der Waals surface area (Å²) < 4.78 is 5.10. The molecule has 1 aliphatic heterocycles. The Morgan fingerprint density at radius 2 is 2.07 bits per heavy atom. The van der Waals surface area contributed by atoms with E-state index in [0.29, 0.717) is 18.7 Å². The summed E-state index contributed by atoms with van der Waals surface area (Å²) in [6, 6.07) is 9.42. The fraction of sp³-hybridized carbons (Fsp3) is 0.286. The lowest BCUT2D eigenvalue weighted by Crippen LogP contribution is -2.41. The Morgan fingerprint density at radius 3 is 2.83 bits per heavy atom. The molecule has 5 rings (SSSR count). The van der Waals surface area contributed by atoms with Crippen LogP contribution in [0, 0.1) is 0 Å². The molecule has 9 heteroatoms. The van der Waals surface area contributed by atoms with Crippen LogP contribution in [-0.2, 0) is 12.0 Å². The molecule has 30 heavy (non-hydrogen) atoms. The normalized spacial score (nSPS) is 16.6. The standard InChI is InChI=1S/C21H20N6O3/c1-21(2,29)20-25-18(26-30-20)19(28)27-8-7-14-16(24-11-23-14)17(27)15-9-12-5-3-4-6-13(12)10-22-15/h3-6,9-11,17,29H,7-8H2,1-2H3,(H,23,24)/t17-/m1/s1. The highest BCUT2D eigenvalue weighted by atomic mass is 16.5. The zero-order chi connectivity index (χ0) is 20.9. The molecule has 0 aliphatic carbocycles. The maximum Gasteiger partial charge on any atom is 0.296 e. The molecule has 3 aromatic heterocycles. The number of carbonyl (C=O) groups is 1. The fourth-order valence-corrected chi connectivity index (χ4v) is 3.73. The lowest BCUT2D eigenvalue weighted by atomic mass is 9.98. The van der Waals surface area contributed by atoms with Crippen LogP contribution in [-0.4, -0.2) is 47.6 Å². The van der Waals surface area contributed by atoms with Crippen LogP contribution >= 0.6 is 0 Å². The second kappa shape index (κ2) is 6.74. The van der Waals surface area contributed by atoms with Crippen LogP contribution in [0.15, 0.2) is 47.4 Å². The molecule has 1 amide bonds. The number of hydrogen-bond donors (Lipinski definition) is 2. The number of hydrogen-bond acceptors (Lipinski definition) is 7. The highest BCUT2D eigenvalue weighted by Crippen LogP contribution is 2.34. The highest BCUT2D eigenvalue weighted by molar-refractivity contribution is 5.91. The van der Waals surface area contributed by atoms with Gasteiger partial charge in [0.25, 0.3) is 17.6 Å². The molecule has 0 unspecified atom stereocenters. The van der Waals surface area contributed by atoms with Crippen molar-refractivity contribution in [3.05, 3.63) is 71.7 Å². The van der Waals surface area contributed by atoms with E-state index in [1.807, 2.05) is 30.3 Å². The third-order valence-electron chi connectivity index (χ3n) is 5.26. The van der Waals surface area contributed by atoms with E-state index < -0.39 is 17.6 Å². The fourth-order valence-electron chi connectivity index (χ4n) is 3.73. The lowest BCUT2D eigenvalue weighted by Gasteiger charge is -2.33. The van der Waals surface area contributed by atoms with Gasteiger partial charge in [0.2, 0.25) is 0 Å². The molecule has 152 valence electrons. The predicted octanol–water partition coefficient (Wildman–Crippen LogP) is 2.36. The number of carbonyl (C=O) groups excluding carboxylic acids is 1. The number of rotatable bonds is 3. The minimum absolute atomic E-state index is 0.0105. The first-order chi connectivity index (χ1) is 14.4. The Bertz CT molecular complexity index is 1240. The first-order valence-electron chi connectivity index (χ1n) is 9.66. The number of fused-ring (bicyclic) bond motifs is 2. The van der Waals surface area contributed by atoms with E-state index in [2.05, 4.69) is 25.1 Å². The molecular weight excluding hydrogens is 384 g/mol. The number of H-pyrrole nitrogens is 1. The van der Waals surface area contributed by atoms with Crippen molar-refractivity contribution < 1.29 is 14.4 Å². The summed E-state index contributed by atoms with van der Waals surface area (Å²) in [5, 5.41) is 15.9. The van der Waals surface area contributed by atoms with E-state index in [9.17, 15) is 9.90 Å². The second-order valence-corrected chi connectivity index (χ2v) is 7.86. The number of benzene rings is 1. The van der Waals surface area contributed by atoms with E-state index >= 15 is 0 Å². The minimum atomic E-state index is -1.33. The van der Waals surface area contributed by atoms with Crippen LogP contribution < -0.4 is 0 Å². The summed E-state index contributed by atoms with van der Waals surface area (Å²) in [5.74, 6) is -0.511. The summed E-state index contributed by atoms with van der Waals surface area (Å²) in [4.78, 5) is 31.3. The molecule has 4 aromatic rings. The van der Waals surface area contributed by atoms with Crippen molar-refractivity contribution in [1.29, 1.82) is 0 Å². The van der Waals surface area contributed by atoms with Gasteiger partial charge in [-0.15, -0.1) is 0 Å². The maximum absolute atomic E-state index is 13.3. The van der Waals surface area contributed by atoms with Gasteiger partial charge in [-0.25, -0.2) is 4.98 Å². The number of pyridine rings is 1. The van der Waals surface area contributed by atoms with Crippen LogP contribution in [0.2, 0.25) is 0 Å². The van der Waals surface area contributed by atoms with E-state index in [-0.39, 0.29) is 11.7 Å². The van der Waals surface area contributed by atoms with Gasteiger partial charge in [-0.1, -0.05) is 29.4 Å². The van der Waals surface area contributed by atoms with E-state index in [4.69, 9.17) is 4.52 Å². The summed E-state index contributed by atoms with van der Waals surface area (Å²) in [5.41, 5.74) is 1.11. The Labute approximate surface area is 171 Å². The molecule has 9 nitrogen and oxygen atoms in total. The van der Waals surface area contributed by atoms with Crippen molar-refractivity contribution in [2.45, 2.75) is 31.9 Å². The number of nitrogens with zero attached hydrogens (tertiary/aromatic N) is 5. The minimum Gasteiger partial charge on any atom is -0.381 e. The van der Waals surface area contributed by atoms with Gasteiger partial charge in [-0.3, -0.25) is 9.78 Å². The monoisotopic (exact) mass is 404 g/mol.